The van der Waals surface area contributed by atoms with Crippen molar-refractivity contribution in [1.29, 1.82) is 0 Å². The van der Waals surface area contributed by atoms with Crippen molar-refractivity contribution in [2.24, 2.45) is 11.8 Å². The van der Waals surface area contributed by atoms with E-state index in [1.807, 2.05) is 12.2 Å². The van der Waals surface area contributed by atoms with E-state index >= 15 is 0 Å². The molecule has 1 nitrogen and oxygen atoms in total. The summed E-state index contributed by atoms with van der Waals surface area (Å²) in [6, 6.07) is 0. The predicted octanol–water partition coefficient (Wildman–Crippen LogP) is 0.719. The van der Waals surface area contributed by atoms with Crippen molar-refractivity contribution in [1.82, 2.24) is 0 Å². The Balaban J connectivity index is 2.29. The summed E-state index contributed by atoms with van der Waals surface area (Å²) in [7, 11) is 0. The Kier molecular flexibility index (Phi) is 0.571. The second kappa shape index (κ2) is 1.06. The SMILES string of the molecule is C=C1[C@H]2[C@@H](O)C=C[C@@H]12. The van der Waals surface area contributed by atoms with Crippen molar-refractivity contribution < 1.29 is 5.11 Å². The zero-order valence-corrected chi connectivity index (χ0v) is 4.54. The first-order chi connectivity index (χ1) is 3.80. The average molecular weight is 108 g/mol. The van der Waals surface area contributed by atoms with Gasteiger partial charge in [-0.25, -0.2) is 0 Å². The Morgan fingerprint density at radius 2 is 2.25 bits per heavy atom. The largest absolute Gasteiger partial charge is 0.388 e. The smallest absolute Gasteiger partial charge is 0.0795 e. The molecule has 1 heteroatoms. The van der Waals surface area contributed by atoms with Gasteiger partial charge in [0.25, 0.3) is 0 Å². The van der Waals surface area contributed by atoms with E-state index in [2.05, 4.69) is 6.58 Å². The molecule has 8 heavy (non-hydrogen) atoms. The molecule has 1 N–H and O–H groups in total. The summed E-state index contributed by atoms with van der Waals surface area (Å²) in [5, 5.41) is 9.06. The van der Waals surface area contributed by atoms with Crippen LogP contribution in [0.1, 0.15) is 0 Å². The summed E-state index contributed by atoms with van der Waals surface area (Å²) in [4.78, 5) is 0. The van der Waals surface area contributed by atoms with Crippen molar-refractivity contribution in [3.05, 3.63) is 24.3 Å². The molecular formula is C7H8O. The van der Waals surface area contributed by atoms with E-state index in [4.69, 9.17) is 5.11 Å². The van der Waals surface area contributed by atoms with E-state index in [1.165, 1.54) is 5.57 Å². The van der Waals surface area contributed by atoms with Gasteiger partial charge < -0.3 is 5.11 Å². The van der Waals surface area contributed by atoms with Gasteiger partial charge in [-0.1, -0.05) is 24.3 Å². The van der Waals surface area contributed by atoms with Gasteiger partial charge in [0, 0.05) is 11.8 Å². The van der Waals surface area contributed by atoms with Crippen LogP contribution in [0, 0.1) is 11.8 Å². The summed E-state index contributed by atoms with van der Waals surface area (Å²) in [6.07, 6.45) is 3.68. The van der Waals surface area contributed by atoms with Gasteiger partial charge in [0.05, 0.1) is 6.10 Å². The van der Waals surface area contributed by atoms with E-state index in [9.17, 15) is 0 Å². The van der Waals surface area contributed by atoms with Crippen molar-refractivity contribution in [2.75, 3.05) is 0 Å². The third-order valence-electron chi connectivity index (χ3n) is 2.02. The number of rotatable bonds is 0. The number of hydrogen-bond donors (Lipinski definition) is 1. The molecule has 0 amide bonds. The fourth-order valence-electron chi connectivity index (χ4n) is 1.39. The highest BCUT2D eigenvalue weighted by atomic mass is 16.3. The van der Waals surface area contributed by atoms with E-state index < -0.39 is 0 Å². The van der Waals surface area contributed by atoms with Gasteiger partial charge in [0.1, 0.15) is 0 Å². The highest BCUT2D eigenvalue weighted by Crippen LogP contribution is 2.51. The second-order valence-corrected chi connectivity index (χ2v) is 2.50. The van der Waals surface area contributed by atoms with Crippen molar-refractivity contribution in [3.8, 4) is 0 Å². The Bertz CT molecular complexity index is 169. The van der Waals surface area contributed by atoms with Crippen LogP contribution in [0.15, 0.2) is 24.3 Å². The zero-order chi connectivity index (χ0) is 5.72. The summed E-state index contributed by atoms with van der Waals surface area (Å²) in [6.45, 7) is 3.79. The molecule has 0 radical (unpaired) electrons. The van der Waals surface area contributed by atoms with E-state index in [1.54, 1.807) is 0 Å². The van der Waals surface area contributed by atoms with Gasteiger partial charge in [-0.15, -0.1) is 0 Å². The van der Waals surface area contributed by atoms with Crippen LogP contribution in [0.5, 0.6) is 0 Å². The van der Waals surface area contributed by atoms with Crippen molar-refractivity contribution in [3.63, 3.8) is 0 Å². The van der Waals surface area contributed by atoms with E-state index in [0.29, 0.717) is 11.8 Å². The molecule has 0 spiro atoms. The zero-order valence-electron chi connectivity index (χ0n) is 4.54. The number of aliphatic hydroxyl groups excluding tert-OH is 1. The molecule has 0 heterocycles. The molecule has 0 unspecified atom stereocenters. The molecule has 0 saturated heterocycles. The number of allylic oxidation sites excluding steroid dienone is 1. The maximum Gasteiger partial charge on any atom is 0.0795 e. The Hall–Kier alpha value is -0.560. The third-order valence-corrected chi connectivity index (χ3v) is 2.02. The summed E-state index contributed by atoms with van der Waals surface area (Å²) in [5.41, 5.74) is 1.21. The lowest BCUT2D eigenvalue weighted by Gasteiger charge is -1.94. The topological polar surface area (TPSA) is 20.2 Å². The molecule has 2 aliphatic carbocycles. The minimum atomic E-state index is -0.215. The number of fused-ring (bicyclic) bond motifs is 1. The van der Waals surface area contributed by atoms with Crippen LogP contribution in [0.2, 0.25) is 0 Å². The lowest BCUT2D eigenvalue weighted by atomic mass is 10.2. The molecule has 0 bridgehead atoms. The maximum absolute atomic E-state index is 9.06. The Labute approximate surface area is 48.3 Å². The van der Waals surface area contributed by atoms with Crippen LogP contribution in [-0.2, 0) is 0 Å². The van der Waals surface area contributed by atoms with Gasteiger partial charge in [0.2, 0.25) is 0 Å². The molecule has 3 atom stereocenters. The molecule has 2 rings (SSSR count). The molecule has 0 aromatic carbocycles. The molecule has 0 aromatic heterocycles. The first-order valence-corrected chi connectivity index (χ1v) is 2.86. The molecule has 0 aliphatic heterocycles. The summed E-state index contributed by atoms with van der Waals surface area (Å²) < 4.78 is 0. The molecule has 1 saturated carbocycles. The van der Waals surface area contributed by atoms with Crippen LogP contribution in [0.3, 0.4) is 0 Å². The van der Waals surface area contributed by atoms with Gasteiger partial charge in [-0.2, -0.15) is 0 Å². The minimum Gasteiger partial charge on any atom is -0.388 e. The monoisotopic (exact) mass is 108 g/mol. The summed E-state index contributed by atoms with van der Waals surface area (Å²) in [5.74, 6) is 0.931. The van der Waals surface area contributed by atoms with Gasteiger partial charge in [-0.3, -0.25) is 0 Å². The first kappa shape index (κ1) is 4.33. The lowest BCUT2D eigenvalue weighted by molar-refractivity contribution is 0.208. The first-order valence-electron chi connectivity index (χ1n) is 2.86. The molecule has 42 valence electrons. The molecular weight excluding hydrogens is 100 g/mol. The molecule has 2 aliphatic rings. The fraction of sp³-hybridized carbons (Fsp3) is 0.429. The standard InChI is InChI=1S/C7H8O/c1-4-5-2-3-6(8)7(4)5/h2-3,5-8H,1H2/t5-,6-,7+/m0/s1. The van der Waals surface area contributed by atoms with Crippen LogP contribution < -0.4 is 0 Å². The van der Waals surface area contributed by atoms with Crippen molar-refractivity contribution >= 4 is 0 Å². The van der Waals surface area contributed by atoms with Gasteiger partial charge in [0.15, 0.2) is 0 Å². The minimum absolute atomic E-state index is 0.215. The lowest BCUT2D eigenvalue weighted by Crippen LogP contribution is -2.01. The average Bonchev–Trinajstić information content (AvgIpc) is 2.13. The highest BCUT2D eigenvalue weighted by molar-refractivity contribution is 5.40. The predicted molar refractivity (Wildman–Crippen MR) is 31.3 cm³/mol. The van der Waals surface area contributed by atoms with Crippen LogP contribution >= 0.6 is 0 Å². The molecule has 0 aromatic rings. The van der Waals surface area contributed by atoms with Crippen molar-refractivity contribution in [2.45, 2.75) is 6.10 Å². The van der Waals surface area contributed by atoms with Gasteiger partial charge in [-0.05, 0) is 0 Å². The highest BCUT2D eigenvalue weighted by Gasteiger charge is 2.47. The van der Waals surface area contributed by atoms with Gasteiger partial charge >= 0.3 is 0 Å². The van der Waals surface area contributed by atoms with Crippen LogP contribution in [0.25, 0.3) is 0 Å². The third kappa shape index (κ3) is 0.315. The Morgan fingerprint density at radius 3 is 2.50 bits per heavy atom. The number of hydrogen-bond acceptors (Lipinski definition) is 1. The normalized spacial score (nSPS) is 49.6. The van der Waals surface area contributed by atoms with E-state index in [-0.39, 0.29) is 6.10 Å². The van der Waals surface area contributed by atoms with Crippen LogP contribution in [0.4, 0.5) is 0 Å². The Morgan fingerprint density at radius 1 is 1.50 bits per heavy atom. The fourth-order valence-corrected chi connectivity index (χ4v) is 1.39. The number of aliphatic hydroxyl groups is 1. The maximum atomic E-state index is 9.06. The van der Waals surface area contributed by atoms with E-state index in [0.717, 1.165) is 0 Å². The quantitative estimate of drug-likeness (QED) is 0.453. The summed E-state index contributed by atoms with van der Waals surface area (Å²) >= 11 is 0. The second-order valence-electron chi connectivity index (χ2n) is 2.50. The molecule has 1 fully saturated rings. The van der Waals surface area contributed by atoms with Crippen LogP contribution in [-0.4, -0.2) is 11.2 Å².